The Morgan fingerprint density at radius 3 is 2.43 bits per heavy atom. The molecule has 0 aliphatic carbocycles. The maximum absolute atomic E-state index is 12.0. The van der Waals surface area contributed by atoms with Gasteiger partial charge in [-0.15, -0.1) is 0 Å². The van der Waals surface area contributed by atoms with Crippen LogP contribution in [0, 0.1) is 11.3 Å². The molecule has 1 atom stereocenters. The summed E-state index contributed by atoms with van der Waals surface area (Å²) in [4.78, 5) is 0. The van der Waals surface area contributed by atoms with Crippen LogP contribution in [-0.4, -0.2) is 25.9 Å². The highest BCUT2D eigenvalue weighted by Gasteiger charge is 2.32. The lowest BCUT2D eigenvalue weighted by Gasteiger charge is -2.28. The molecule has 0 fully saturated rings. The molecular formula is C15H19F3N2O. The molecular weight excluding hydrogens is 281 g/mol. The zero-order valence-electron chi connectivity index (χ0n) is 11.9. The largest absolute Gasteiger partial charge is 0.389 e. The molecule has 1 N–H and O–H groups in total. The van der Waals surface area contributed by atoms with Crippen molar-refractivity contribution < 1.29 is 17.9 Å². The minimum absolute atomic E-state index is 0.0131. The number of rotatable bonds is 8. The molecule has 1 aromatic carbocycles. The van der Waals surface area contributed by atoms with Crippen LogP contribution in [0.5, 0.6) is 0 Å². The van der Waals surface area contributed by atoms with E-state index in [9.17, 15) is 18.4 Å². The number of ether oxygens (including phenoxy) is 1. The van der Waals surface area contributed by atoms with Gasteiger partial charge in [0.05, 0.1) is 12.7 Å². The molecule has 0 bridgehead atoms. The van der Waals surface area contributed by atoms with Crippen molar-refractivity contribution in [1.82, 2.24) is 5.32 Å². The van der Waals surface area contributed by atoms with Crippen LogP contribution in [0.4, 0.5) is 13.2 Å². The van der Waals surface area contributed by atoms with Gasteiger partial charge in [-0.25, -0.2) is 0 Å². The predicted octanol–water partition coefficient (Wildman–Crippen LogP) is 3.37. The van der Waals surface area contributed by atoms with Crippen molar-refractivity contribution in [3.05, 3.63) is 35.9 Å². The summed E-state index contributed by atoms with van der Waals surface area (Å²) in [5, 5.41) is 12.5. The van der Waals surface area contributed by atoms with E-state index >= 15 is 0 Å². The van der Waals surface area contributed by atoms with E-state index in [2.05, 4.69) is 11.4 Å². The molecule has 1 aromatic rings. The van der Waals surface area contributed by atoms with E-state index in [1.54, 1.807) is 12.1 Å². The summed E-state index contributed by atoms with van der Waals surface area (Å²) in [6.45, 7) is 2.40. The average Bonchev–Trinajstić information content (AvgIpc) is 2.45. The standard InChI is InChI=1S/C15H19F3N2O/c1-2-20-14(11-19,13-7-4-3-5-8-13)12-21-10-6-9-15(16,17)18/h3-5,7-8,20H,2,6,9-10,12H2,1H3. The number of alkyl halides is 3. The fourth-order valence-electron chi connectivity index (χ4n) is 2.00. The summed E-state index contributed by atoms with van der Waals surface area (Å²) in [5.41, 5.74) is -0.293. The molecule has 0 saturated heterocycles. The topological polar surface area (TPSA) is 45.0 Å². The second-order valence-electron chi connectivity index (χ2n) is 4.68. The lowest BCUT2D eigenvalue weighted by Crippen LogP contribution is -2.45. The second-order valence-corrected chi connectivity index (χ2v) is 4.68. The number of nitrogens with one attached hydrogen (secondary N) is 1. The minimum atomic E-state index is -4.17. The Balaban J connectivity index is 2.62. The Kier molecular flexibility index (Phi) is 6.66. The Morgan fingerprint density at radius 2 is 1.90 bits per heavy atom. The van der Waals surface area contributed by atoms with E-state index in [1.807, 2.05) is 25.1 Å². The number of nitriles is 1. The first-order chi connectivity index (χ1) is 9.93. The van der Waals surface area contributed by atoms with Crippen LogP contribution in [-0.2, 0) is 10.3 Å². The van der Waals surface area contributed by atoms with Gasteiger partial charge in [-0.2, -0.15) is 18.4 Å². The van der Waals surface area contributed by atoms with Crippen molar-refractivity contribution in [2.24, 2.45) is 0 Å². The number of nitrogens with zero attached hydrogens (tertiary/aromatic N) is 1. The predicted molar refractivity (Wildman–Crippen MR) is 73.5 cm³/mol. The molecule has 21 heavy (non-hydrogen) atoms. The number of likely N-dealkylation sites (N-methyl/N-ethyl adjacent to an activating group) is 1. The highest BCUT2D eigenvalue weighted by Crippen LogP contribution is 2.23. The van der Waals surface area contributed by atoms with Crippen LogP contribution >= 0.6 is 0 Å². The van der Waals surface area contributed by atoms with Crippen molar-refractivity contribution >= 4 is 0 Å². The van der Waals surface area contributed by atoms with Gasteiger partial charge in [0.15, 0.2) is 5.54 Å². The molecule has 0 spiro atoms. The smallest absolute Gasteiger partial charge is 0.378 e. The van der Waals surface area contributed by atoms with E-state index in [1.165, 1.54) is 0 Å². The van der Waals surface area contributed by atoms with Crippen LogP contribution in [0.15, 0.2) is 30.3 Å². The van der Waals surface area contributed by atoms with Crippen molar-refractivity contribution in [2.45, 2.75) is 31.5 Å². The molecule has 1 unspecified atom stereocenters. The number of hydrogen-bond donors (Lipinski definition) is 1. The number of halogens is 3. The summed E-state index contributed by atoms with van der Waals surface area (Å²) in [6.07, 6.45) is -5.15. The van der Waals surface area contributed by atoms with Crippen LogP contribution in [0.1, 0.15) is 25.3 Å². The molecule has 0 amide bonds. The van der Waals surface area contributed by atoms with E-state index < -0.39 is 18.1 Å². The first-order valence-electron chi connectivity index (χ1n) is 6.80. The second kappa shape index (κ2) is 8.01. The fourth-order valence-corrected chi connectivity index (χ4v) is 2.00. The average molecular weight is 300 g/mol. The lowest BCUT2D eigenvalue weighted by atomic mass is 9.92. The Labute approximate surface area is 122 Å². The van der Waals surface area contributed by atoms with Gasteiger partial charge in [0.2, 0.25) is 0 Å². The summed E-state index contributed by atoms with van der Waals surface area (Å²) < 4.78 is 41.5. The van der Waals surface area contributed by atoms with Crippen molar-refractivity contribution in [3.63, 3.8) is 0 Å². The number of benzene rings is 1. The monoisotopic (exact) mass is 300 g/mol. The fraction of sp³-hybridized carbons (Fsp3) is 0.533. The maximum atomic E-state index is 12.0. The van der Waals surface area contributed by atoms with Gasteiger partial charge < -0.3 is 4.74 Å². The van der Waals surface area contributed by atoms with Gasteiger partial charge in [0.1, 0.15) is 0 Å². The lowest BCUT2D eigenvalue weighted by molar-refractivity contribution is -0.138. The molecule has 0 aliphatic heterocycles. The molecule has 1 rings (SSSR count). The molecule has 0 aromatic heterocycles. The van der Waals surface area contributed by atoms with Crippen LogP contribution in [0.2, 0.25) is 0 Å². The Morgan fingerprint density at radius 1 is 1.24 bits per heavy atom. The van der Waals surface area contributed by atoms with Crippen LogP contribution in [0.3, 0.4) is 0 Å². The molecule has 0 radical (unpaired) electrons. The molecule has 0 saturated carbocycles. The SMILES string of the molecule is CCNC(C#N)(COCCCC(F)(F)F)c1ccccc1. The van der Waals surface area contributed by atoms with Crippen molar-refractivity contribution in [2.75, 3.05) is 19.8 Å². The van der Waals surface area contributed by atoms with Gasteiger partial charge in [0.25, 0.3) is 0 Å². The third-order valence-electron chi connectivity index (χ3n) is 3.00. The zero-order chi connectivity index (χ0) is 15.8. The van der Waals surface area contributed by atoms with Gasteiger partial charge in [-0.1, -0.05) is 37.3 Å². The van der Waals surface area contributed by atoms with Crippen molar-refractivity contribution in [3.8, 4) is 6.07 Å². The first-order valence-corrected chi connectivity index (χ1v) is 6.80. The Bertz CT molecular complexity index is 456. The van der Waals surface area contributed by atoms with E-state index in [0.717, 1.165) is 5.56 Å². The third kappa shape index (κ3) is 5.74. The van der Waals surface area contributed by atoms with Gasteiger partial charge in [0, 0.05) is 13.0 Å². The summed E-state index contributed by atoms with van der Waals surface area (Å²) >= 11 is 0. The van der Waals surface area contributed by atoms with E-state index in [0.29, 0.717) is 6.54 Å². The summed E-state index contributed by atoms with van der Waals surface area (Å²) in [7, 11) is 0. The third-order valence-corrected chi connectivity index (χ3v) is 3.00. The van der Waals surface area contributed by atoms with Gasteiger partial charge in [-0.05, 0) is 18.5 Å². The van der Waals surface area contributed by atoms with Gasteiger partial charge in [-0.3, -0.25) is 5.32 Å². The molecule has 116 valence electrons. The van der Waals surface area contributed by atoms with E-state index in [-0.39, 0.29) is 19.6 Å². The maximum Gasteiger partial charge on any atom is 0.389 e. The normalized spacial score (nSPS) is 14.4. The minimum Gasteiger partial charge on any atom is -0.378 e. The van der Waals surface area contributed by atoms with E-state index in [4.69, 9.17) is 4.74 Å². The molecule has 6 heteroatoms. The zero-order valence-corrected chi connectivity index (χ0v) is 11.9. The molecule has 3 nitrogen and oxygen atoms in total. The number of hydrogen-bond acceptors (Lipinski definition) is 3. The quantitative estimate of drug-likeness (QED) is 0.749. The van der Waals surface area contributed by atoms with Crippen molar-refractivity contribution in [1.29, 1.82) is 5.26 Å². The van der Waals surface area contributed by atoms with Gasteiger partial charge >= 0.3 is 6.18 Å². The molecule has 0 heterocycles. The highest BCUT2D eigenvalue weighted by molar-refractivity contribution is 5.31. The Hall–Kier alpha value is -1.58. The van der Waals surface area contributed by atoms with Crippen LogP contribution in [0.25, 0.3) is 0 Å². The summed E-state index contributed by atoms with van der Waals surface area (Å²) in [5.74, 6) is 0. The highest BCUT2D eigenvalue weighted by atomic mass is 19.4. The summed E-state index contributed by atoms with van der Waals surface area (Å²) in [6, 6.07) is 11.2. The first kappa shape index (κ1) is 17.5. The molecule has 0 aliphatic rings. The van der Waals surface area contributed by atoms with Crippen LogP contribution < -0.4 is 5.32 Å².